The van der Waals surface area contributed by atoms with Gasteiger partial charge in [-0.1, -0.05) is 6.07 Å². The third kappa shape index (κ3) is 3.46. The highest BCUT2D eigenvalue weighted by Gasteiger charge is 2.17. The molecule has 1 aliphatic heterocycles. The van der Waals surface area contributed by atoms with Gasteiger partial charge >= 0.3 is 0 Å². The number of anilines is 1. The minimum Gasteiger partial charge on any atom is -0.381 e. The van der Waals surface area contributed by atoms with Crippen LogP contribution in [0.25, 0.3) is 0 Å². The van der Waals surface area contributed by atoms with Crippen LogP contribution >= 0.6 is 15.9 Å². The number of nitrogens with one attached hydrogen (secondary N) is 2. The van der Waals surface area contributed by atoms with Crippen LogP contribution in [0.3, 0.4) is 0 Å². The molecule has 3 nitrogen and oxygen atoms in total. The fraction of sp³-hybridized carbons (Fsp3) is 0.462. The highest BCUT2D eigenvalue weighted by molar-refractivity contribution is 9.10. The van der Waals surface area contributed by atoms with Crippen molar-refractivity contribution < 1.29 is 4.79 Å². The average molecular weight is 297 g/mol. The van der Waals surface area contributed by atoms with Crippen LogP contribution in [0.1, 0.15) is 24.8 Å². The van der Waals surface area contributed by atoms with E-state index in [2.05, 4.69) is 45.6 Å². The summed E-state index contributed by atoms with van der Waals surface area (Å²) in [6, 6.07) is 6.44. The Morgan fingerprint density at radius 2 is 2.29 bits per heavy atom. The van der Waals surface area contributed by atoms with Gasteiger partial charge in [-0.2, -0.15) is 0 Å². The van der Waals surface area contributed by atoms with Crippen molar-refractivity contribution in [3.8, 4) is 0 Å². The molecule has 1 amide bonds. The van der Waals surface area contributed by atoms with Gasteiger partial charge in [0.15, 0.2) is 0 Å². The van der Waals surface area contributed by atoms with E-state index in [1.54, 1.807) is 0 Å². The standard InChI is InChI=1S/C13H17BrN2O/c1-9-4-5-11(14)12(7-9)16-10-3-2-6-15-13(17)8-10/h4-5,7,10,16H,2-3,6,8H2,1H3,(H,15,17). The smallest absolute Gasteiger partial charge is 0.222 e. The van der Waals surface area contributed by atoms with E-state index in [9.17, 15) is 4.79 Å². The van der Waals surface area contributed by atoms with Crippen molar-refractivity contribution in [1.29, 1.82) is 0 Å². The number of hydrogen-bond donors (Lipinski definition) is 2. The van der Waals surface area contributed by atoms with Gasteiger partial charge in [0.1, 0.15) is 0 Å². The number of rotatable bonds is 2. The van der Waals surface area contributed by atoms with Crippen molar-refractivity contribution in [2.45, 2.75) is 32.2 Å². The van der Waals surface area contributed by atoms with Gasteiger partial charge in [-0.15, -0.1) is 0 Å². The maximum Gasteiger partial charge on any atom is 0.222 e. The molecule has 0 spiro atoms. The first kappa shape index (κ1) is 12.4. The molecule has 4 heteroatoms. The van der Waals surface area contributed by atoms with E-state index in [-0.39, 0.29) is 11.9 Å². The predicted octanol–water partition coefficient (Wildman–Crippen LogP) is 2.84. The molecule has 92 valence electrons. The lowest BCUT2D eigenvalue weighted by molar-refractivity contribution is -0.120. The summed E-state index contributed by atoms with van der Waals surface area (Å²) >= 11 is 3.53. The molecule has 1 aliphatic rings. The molecule has 2 rings (SSSR count). The van der Waals surface area contributed by atoms with Gasteiger partial charge in [0.05, 0.1) is 0 Å². The van der Waals surface area contributed by atoms with Gasteiger partial charge in [-0.3, -0.25) is 4.79 Å². The van der Waals surface area contributed by atoms with Gasteiger partial charge in [-0.05, 0) is 53.4 Å². The van der Waals surface area contributed by atoms with Crippen LogP contribution in [0.4, 0.5) is 5.69 Å². The van der Waals surface area contributed by atoms with Crippen LogP contribution in [-0.4, -0.2) is 18.5 Å². The molecule has 1 aromatic rings. The quantitative estimate of drug-likeness (QED) is 0.881. The summed E-state index contributed by atoms with van der Waals surface area (Å²) in [5.41, 5.74) is 2.29. The summed E-state index contributed by atoms with van der Waals surface area (Å²) in [5.74, 6) is 0.142. The lowest BCUT2D eigenvalue weighted by atomic mass is 10.1. The van der Waals surface area contributed by atoms with Crippen molar-refractivity contribution in [3.63, 3.8) is 0 Å². The van der Waals surface area contributed by atoms with Crippen molar-refractivity contribution in [1.82, 2.24) is 5.32 Å². The van der Waals surface area contributed by atoms with Gasteiger partial charge in [0.2, 0.25) is 5.91 Å². The van der Waals surface area contributed by atoms with Crippen molar-refractivity contribution in [2.24, 2.45) is 0 Å². The van der Waals surface area contributed by atoms with E-state index in [1.165, 1.54) is 5.56 Å². The Morgan fingerprint density at radius 1 is 1.47 bits per heavy atom. The number of amides is 1. The molecule has 0 saturated carbocycles. The zero-order chi connectivity index (χ0) is 12.3. The summed E-state index contributed by atoms with van der Waals surface area (Å²) in [7, 11) is 0. The molecule has 0 aliphatic carbocycles. The zero-order valence-electron chi connectivity index (χ0n) is 9.92. The predicted molar refractivity (Wildman–Crippen MR) is 73.2 cm³/mol. The topological polar surface area (TPSA) is 41.1 Å². The Labute approximate surface area is 110 Å². The minimum atomic E-state index is 0.142. The lowest BCUT2D eigenvalue weighted by Gasteiger charge is -2.18. The molecule has 1 saturated heterocycles. The van der Waals surface area contributed by atoms with Crippen LogP contribution in [0, 0.1) is 6.92 Å². The molecular weight excluding hydrogens is 280 g/mol. The molecular formula is C13H17BrN2O. The summed E-state index contributed by atoms with van der Waals surface area (Å²) in [6.07, 6.45) is 2.62. The first-order valence-electron chi connectivity index (χ1n) is 5.94. The highest BCUT2D eigenvalue weighted by Crippen LogP contribution is 2.25. The van der Waals surface area contributed by atoms with Crippen molar-refractivity contribution >= 4 is 27.5 Å². The molecule has 2 N–H and O–H groups in total. The Kier molecular flexibility index (Phi) is 4.05. The second-order valence-electron chi connectivity index (χ2n) is 4.52. The molecule has 1 unspecified atom stereocenters. The lowest BCUT2D eigenvalue weighted by Crippen LogP contribution is -2.26. The molecule has 17 heavy (non-hydrogen) atoms. The van der Waals surface area contributed by atoms with E-state index < -0.39 is 0 Å². The van der Waals surface area contributed by atoms with E-state index in [0.29, 0.717) is 6.42 Å². The number of benzene rings is 1. The molecule has 0 radical (unpaired) electrons. The SMILES string of the molecule is Cc1ccc(Br)c(NC2CCCNC(=O)C2)c1. The van der Waals surface area contributed by atoms with Crippen LogP contribution in [0.15, 0.2) is 22.7 Å². The molecule has 0 aromatic heterocycles. The van der Waals surface area contributed by atoms with Gasteiger partial charge in [-0.25, -0.2) is 0 Å². The van der Waals surface area contributed by atoms with Gasteiger partial charge in [0.25, 0.3) is 0 Å². The first-order valence-corrected chi connectivity index (χ1v) is 6.74. The van der Waals surface area contributed by atoms with Crippen LogP contribution in [0.2, 0.25) is 0 Å². The van der Waals surface area contributed by atoms with Crippen LogP contribution in [-0.2, 0) is 4.79 Å². The van der Waals surface area contributed by atoms with Crippen LogP contribution < -0.4 is 10.6 Å². The Morgan fingerprint density at radius 3 is 3.12 bits per heavy atom. The van der Waals surface area contributed by atoms with Crippen LogP contribution in [0.5, 0.6) is 0 Å². The number of aryl methyl sites for hydroxylation is 1. The monoisotopic (exact) mass is 296 g/mol. The van der Waals surface area contributed by atoms with E-state index in [0.717, 1.165) is 29.5 Å². The molecule has 1 aromatic carbocycles. The largest absolute Gasteiger partial charge is 0.381 e. The maximum absolute atomic E-state index is 11.5. The fourth-order valence-electron chi connectivity index (χ4n) is 2.07. The van der Waals surface area contributed by atoms with Gasteiger partial charge in [0, 0.05) is 29.2 Å². The summed E-state index contributed by atoms with van der Waals surface area (Å²) < 4.78 is 1.05. The Hall–Kier alpha value is -1.03. The maximum atomic E-state index is 11.5. The summed E-state index contributed by atoms with van der Waals surface area (Å²) in [6.45, 7) is 2.86. The normalized spacial score (nSPS) is 20.6. The second kappa shape index (κ2) is 5.54. The molecule has 1 heterocycles. The Balaban J connectivity index is 2.08. The minimum absolute atomic E-state index is 0.142. The molecule has 0 bridgehead atoms. The zero-order valence-corrected chi connectivity index (χ0v) is 11.5. The number of halogens is 1. The number of carbonyl (C=O) groups excluding carboxylic acids is 1. The summed E-state index contributed by atoms with van der Waals surface area (Å²) in [4.78, 5) is 11.5. The average Bonchev–Trinajstić information content (AvgIpc) is 2.48. The number of hydrogen-bond acceptors (Lipinski definition) is 2. The van der Waals surface area contributed by atoms with Crippen molar-refractivity contribution in [3.05, 3.63) is 28.2 Å². The van der Waals surface area contributed by atoms with E-state index >= 15 is 0 Å². The fourth-order valence-corrected chi connectivity index (χ4v) is 2.43. The third-order valence-electron chi connectivity index (χ3n) is 2.96. The first-order chi connectivity index (χ1) is 8.15. The highest BCUT2D eigenvalue weighted by atomic mass is 79.9. The van der Waals surface area contributed by atoms with E-state index in [4.69, 9.17) is 0 Å². The molecule has 1 fully saturated rings. The third-order valence-corrected chi connectivity index (χ3v) is 3.66. The van der Waals surface area contributed by atoms with E-state index in [1.807, 2.05) is 6.07 Å². The molecule has 1 atom stereocenters. The number of carbonyl (C=O) groups is 1. The Bertz CT molecular complexity index is 420. The summed E-state index contributed by atoms with van der Waals surface area (Å²) in [5, 5.41) is 6.35. The van der Waals surface area contributed by atoms with Gasteiger partial charge < -0.3 is 10.6 Å². The van der Waals surface area contributed by atoms with Crippen molar-refractivity contribution in [2.75, 3.05) is 11.9 Å². The second-order valence-corrected chi connectivity index (χ2v) is 5.38.